The fourth-order valence-corrected chi connectivity index (χ4v) is 4.58. The van der Waals surface area contributed by atoms with Crippen molar-refractivity contribution < 1.29 is 29.3 Å². The standard InChI is InChI=1S/C28H40O6/c1-18(9-8-12-28(6)17-24(31)26(34-28)27(4,5)32)13-22(29)14-19(2)10-11-21-16-23(30)15-20(3)25(21)33-7/h10,13,15-16,26,30,32H,8-9,11-12,14,17H2,1-7H3/b18-13+,19-10+/t26-,28+/m0/s1. The molecule has 2 atom stereocenters. The van der Waals surface area contributed by atoms with Crippen molar-refractivity contribution in [2.75, 3.05) is 7.11 Å². The van der Waals surface area contributed by atoms with Crippen molar-refractivity contribution in [3.63, 3.8) is 0 Å². The largest absolute Gasteiger partial charge is 0.508 e. The molecule has 1 aromatic rings. The molecular weight excluding hydrogens is 432 g/mol. The number of ketones is 2. The summed E-state index contributed by atoms with van der Waals surface area (Å²) in [6.07, 6.45) is 6.34. The number of allylic oxidation sites excluding steroid dienone is 4. The fraction of sp³-hybridized carbons (Fsp3) is 0.571. The van der Waals surface area contributed by atoms with Crippen LogP contribution in [0.1, 0.15) is 77.8 Å². The molecule has 1 aliphatic rings. The zero-order valence-electron chi connectivity index (χ0n) is 21.7. The quantitative estimate of drug-likeness (QED) is 0.341. The molecule has 0 spiro atoms. The fourth-order valence-electron chi connectivity index (χ4n) is 4.58. The van der Waals surface area contributed by atoms with Crippen LogP contribution in [0, 0.1) is 6.92 Å². The number of hydrogen-bond acceptors (Lipinski definition) is 6. The molecule has 0 radical (unpaired) electrons. The molecule has 0 amide bonds. The molecule has 0 saturated carbocycles. The van der Waals surface area contributed by atoms with Crippen LogP contribution >= 0.6 is 0 Å². The number of hydrogen-bond donors (Lipinski definition) is 2. The van der Waals surface area contributed by atoms with Gasteiger partial charge in [0, 0.05) is 18.4 Å². The number of carbonyl (C=O) groups excluding carboxylic acids is 2. The summed E-state index contributed by atoms with van der Waals surface area (Å²) >= 11 is 0. The Balaban J connectivity index is 1.86. The Bertz CT molecular complexity index is 966. The summed E-state index contributed by atoms with van der Waals surface area (Å²) in [4.78, 5) is 24.7. The van der Waals surface area contributed by atoms with Crippen LogP contribution in [0.3, 0.4) is 0 Å². The zero-order valence-corrected chi connectivity index (χ0v) is 21.7. The van der Waals surface area contributed by atoms with E-state index < -0.39 is 17.3 Å². The van der Waals surface area contributed by atoms with E-state index in [-0.39, 0.29) is 17.3 Å². The van der Waals surface area contributed by atoms with E-state index in [0.29, 0.717) is 25.7 Å². The number of phenols is 1. The van der Waals surface area contributed by atoms with Crippen molar-refractivity contribution >= 4 is 11.6 Å². The van der Waals surface area contributed by atoms with Crippen LogP contribution in [0.15, 0.2) is 35.4 Å². The van der Waals surface area contributed by atoms with E-state index in [4.69, 9.17) is 9.47 Å². The summed E-state index contributed by atoms with van der Waals surface area (Å²) in [6.45, 7) is 10.9. The van der Waals surface area contributed by atoms with Crippen molar-refractivity contribution in [2.24, 2.45) is 0 Å². The summed E-state index contributed by atoms with van der Waals surface area (Å²) < 4.78 is 11.4. The molecule has 6 nitrogen and oxygen atoms in total. The van der Waals surface area contributed by atoms with Crippen LogP contribution in [0.25, 0.3) is 0 Å². The minimum atomic E-state index is -1.19. The van der Waals surface area contributed by atoms with Gasteiger partial charge in [-0.25, -0.2) is 0 Å². The summed E-state index contributed by atoms with van der Waals surface area (Å²) in [5.41, 5.74) is 1.95. The first kappa shape index (κ1) is 27.8. The van der Waals surface area contributed by atoms with Gasteiger partial charge in [0.2, 0.25) is 0 Å². The molecule has 1 aromatic carbocycles. The molecule has 1 aliphatic heterocycles. The van der Waals surface area contributed by atoms with Gasteiger partial charge in [0.25, 0.3) is 0 Å². The third-order valence-electron chi connectivity index (χ3n) is 6.23. The van der Waals surface area contributed by atoms with E-state index in [1.165, 1.54) is 0 Å². The maximum absolute atomic E-state index is 12.5. The van der Waals surface area contributed by atoms with Gasteiger partial charge < -0.3 is 19.7 Å². The van der Waals surface area contributed by atoms with Crippen molar-refractivity contribution in [2.45, 2.75) is 97.4 Å². The van der Waals surface area contributed by atoms with E-state index in [2.05, 4.69) is 0 Å². The number of methoxy groups -OCH3 is 1. The van der Waals surface area contributed by atoms with E-state index in [9.17, 15) is 19.8 Å². The van der Waals surface area contributed by atoms with E-state index in [1.54, 1.807) is 39.2 Å². The Morgan fingerprint density at radius 3 is 2.56 bits per heavy atom. The molecule has 0 aromatic heterocycles. The second kappa shape index (κ2) is 11.3. The Labute approximate surface area is 203 Å². The number of benzene rings is 1. The van der Waals surface area contributed by atoms with Crippen LogP contribution in [-0.2, 0) is 20.7 Å². The highest BCUT2D eigenvalue weighted by atomic mass is 16.5. The highest BCUT2D eigenvalue weighted by Crippen LogP contribution is 2.36. The lowest BCUT2D eigenvalue weighted by Gasteiger charge is -2.28. The molecule has 0 bridgehead atoms. The number of Topliss-reactive ketones (excluding diaryl/α,β-unsaturated/α-hetero) is 1. The normalized spacial score (nSPS) is 21.8. The summed E-state index contributed by atoms with van der Waals surface area (Å²) in [7, 11) is 1.61. The zero-order chi connectivity index (χ0) is 25.7. The number of carbonyl (C=O) groups is 2. The highest BCUT2D eigenvalue weighted by Gasteiger charge is 2.47. The number of ether oxygens (including phenoxy) is 2. The predicted molar refractivity (Wildman–Crippen MR) is 133 cm³/mol. The van der Waals surface area contributed by atoms with Crippen molar-refractivity contribution in [3.05, 3.63) is 46.6 Å². The maximum atomic E-state index is 12.5. The molecule has 0 aliphatic carbocycles. The van der Waals surface area contributed by atoms with Crippen molar-refractivity contribution in [1.29, 1.82) is 0 Å². The predicted octanol–water partition coefficient (Wildman–Crippen LogP) is 5.16. The summed E-state index contributed by atoms with van der Waals surface area (Å²) in [6, 6.07) is 3.35. The maximum Gasteiger partial charge on any atom is 0.167 e. The number of aromatic hydroxyl groups is 1. The molecule has 0 unspecified atom stereocenters. The Kier molecular flexibility index (Phi) is 9.26. The molecule has 188 valence electrons. The minimum Gasteiger partial charge on any atom is -0.508 e. The monoisotopic (exact) mass is 472 g/mol. The van der Waals surface area contributed by atoms with Gasteiger partial charge in [-0.05, 0) is 91.0 Å². The van der Waals surface area contributed by atoms with Gasteiger partial charge in [0.15, 0.2) is 11.6 Å². The van der Waals surface area contributed by atoms with Crippen LogP contribution in [0.2, 0.25) is 0 Å². The average Bonchev–Trinajstić information content (AvgIpc) is 3.00. The number of rotatable bonds is 11. The van der Waals surface area contributed by atoms with Gasteiger partial charge in [0.1, 0.15) is 17.6 Å². The first-order chi connectivity index (χ1) is 15.7. The van der Waals surface area contributed by atoms with Crippen molar-refractivity contribution in [1.82, 2.24) is 0 Å². The first-order valence-corrected chi connectivity index (χ1v) is 11.9. The Morgan fingerprint density at radius 1 is 1.29 bits per heavy atom. The topological polar surface area (TPSA) is 93.1 Å². The lowest BCUT2D eigenvalue weighted by molar-refractivity contribution is -0.143. The van der Waals surface area contributed by atoms with Crippen LogP contribution in [-0.4, -0.2) is 46.2 Å². The summed E-state index contributed by atoms with van der Waals surface area (Å²) in [5, 5.41) is 20.0. The molecular formula is C28H40O6. The van der Waals surface area contributed by atoms with E-state index >= 15 is 0 Å². The lowest BCUT2D eigenvalue weighted by atomic mass is 9.92. The van der Waals surface area contributed by atoms with Gasteiger partial charge in [-0.15, -0.1) is 0 Å². The molecule has 34 heavy (non-hydrogen) atoms. The lowest BCUT2D eigenvalue weighted by Crippen LogP contribution is -2.41. The van der Waals surface area contributed by atoms with Crippen LogP contribution in [0.4, 0.5) is 0 Å². The average molecular weight is 473 g/mol. The molecule has 2 N–H and O–H groups in total. The summed E-state index contributed by atoms with van der Waals surface area (Å²) in [5.74, 6) is 0.939. The third kappa shape index (κ3) is 7.81. The van der Waals surface area contributed by atoms with Gasteiger partial charge in [-0.2, -0.15) is 0 Å². The molecule has 1 saturated heterocycles. The van der Waals surface area contributed by atoms with Gasteiger partial charge in [0.05, 0.1) is 18.3 Å². The smallest absolute Gasteiger partial charge is 0.167 e. The molecule has 2 rings (SSSR count). The Morgan fingerprint density at radius 2 is 1.97 bits per heavy atom. The number of aryl methyl sites for hydroxylation is 1. The van der Waals surface area contributed by atoms with Crippen LogP contribution < -0.4 is 4.74 Å². The number of aliphatic hydroxyl groups is 1. The molecule has 1 heterocycles. The molecule has 1 fully saturated rings. The highest BCUT2D eigenvalue weighted by molar-refractivity contribution is 5.92. The van der Waals surface area contributed by atoms with Crippen LogP contribution in [0.5, 0.6) is 11.5 Å². The van der Waals surface area contributed by atoms with Gasteiger partial charge >= 0.3 is 0 Å². The first-order valence-electron chi connectivity index (χ1n) is 11.9. The van der Waals surface area contributed by atoms with E-state index in [0.717, 1.165) is 40.9 Å². The SMILES string of the molecule is COc1c(C)cc(O)cc1C/C=C(\C)CC(=O)/C=C(\C)CCC[C@]1(C)CC(=O)[C@@H](C(C)(C)O)O1. The third-order valence-corrected chi connectivity index (χ3v) is 6.23. The minimum absolute atomic E-state index is 0.0471. The number of phenolic OH excluding ortho intramolecular Hbond substituents is 1. The second-order valence-corrected chi connectivity index (χ2v) is 10.4. The van der Waals surface area contributed by atoms with E-state index in [1.807, 2.05) is 33.8 Å². The second-order valence-electron chi connectivity index (χ2n) is 10.4. The van der Waals surface area contributed by atoms with Crippen molar-refractivity contribution in [3.8, 4) is 11.5 Å². The molecule has 6 heteroatoms. The van der Waals surface area contributed by atoms with Gasteiger partial charge in [-0.3, -0.25) is 9.59 Å². The Hall–Kier alpha value is -2.44. The van der Waals surface area contributed by atoms with Gasteiger partial charge in [-0.1, -0.05) is 17.2 Å².